The van der Waals surface area contributed by atoms with Crippen molar-refractivity contribution in [3.8, 4) is 10.6 Å². The number of anilines is 1. The van der Waals surface area contributed by atoms with Gasteiger partial charge < -0.3 is 10.1 Å². The summed E-state index contributed by atoms with van der Waals surface area (Å²) >= 11 is 1.41. The summed E-state index contributed by atoms with van der Waals surface area (Å²) in [6, 6.07) is 10.8. The molecule has 0 unspecified atom stereocenters. The highest BCUT2D eigenvalue weighted by molar-refractivity contribution is 7.13. The van der Waals surface area contributed by atoms with Crippen molar-refractivity contribution in [3.63, 3.8) is 0 Å². The fourth-order valence-corrected chi connectivity index (χ4v) is 3.16. The summed E-state index contributed by atoms with van der Waals surface area (Å²) < 4.78 is 30.9. The van der Waals surface area contributed by atoms with Gasteiger partial charge in [-0.3, -0.25) is 9.59 Å². The van der Waals surface area contributed by atoms with Gasteiger partial charge in [-0.15, -0.1) is 11.3 Å². The number of amides is 1. The average Bonchev–Trinajstić information content (AvgIpc) is 3.12. The molecule has 0 saturated heterocycles. The Labute approximate surface area is 164 Å². The predicted molar refractivity (Wildman–Crippen MR) is 102 cm³/mol. The van der Waals surface area contributed by atoms with Crippen LogP contribution in [0.25, 0.3) is 10.6 Å². The molecule has 2 aromatic carbocycles. The first-order valence-electron chi connectivity index (χ1n) is 8.32. The third-order valence-electron chi connectivity index (χ3n) is 3.74. The quantitative estimate of drug-likeness (QED) is 0.630. The second-order valence-corrected chi connectivity index (χ2v) is 6.88. The number of benzene rings is 2. The van der Waals surface area contributed by atoms with E-state index in [9.17, 15) is 18.4 Å². The number of esters is 1. The molecule has 144 valence electrons. The van der Waals surface area contributed by atoms with E-state index < -0.39 is 30.1 Å². The molecule has 0 spiro atoms. The summed E-state index contributed by atoms with van der Waals surface area (Å²) in [5, 5.41) is 4.88. The van der Waals surface area contributed by atoms with Crippen LogP contribution in [0.2, 0.25) is 0 Å². The first-order chi connectivity index (χ1) is 13.4. The van der Waals surface area contributed by atoms with Gasteiger partial charge in [-0.25, -0.2) is 13.8 Å². The van der Waals surface area contributed by atoms with E-state index in [1.54, 1.807) is 5.38 Å². The second kappa shape index (κ2) is 8.71. The molecule has 3 aromatic rings. The van der Waals surface area contributed by atoms with E-state index in [0.717, 1.165) is 28.3 Å². The first-order valence-corrected chi connectivity index (χ1v) is 9.20. The fourth-order valence-electron chi connectivity index (χ4n) is 2.33. The molecule has 0 aliphatic heterocycles. The highest BCUT2D eigenvalue weighted by Crippen LogP contribution is 2.24. The second-order valence-electron chi connectivity index (χ2n) is 6.02. The zero-order valence-corrected chi connectivity index (χ0v) is 15.7. The number of aryl methyl sites for hydroxylation is 1. The number of hydrogen-bond acceptors (Lipinski definition) is 5. The molecule has 0 saturated carbocycles. The van der Waals surface area contributed by atoms with Crippen LogP contribution >= 0.6 is 11.3 Å². The Bertz CT molecular complexity index is 1000. The number of ether oxygens (including phenoxy) is 1. The minimum atomic E-state index is -1.08. The third kappa shape index (κ3) is 5.20. The summed E-state index contributed by atoms with van der Waals surface area (Å²) in [4.78, 5) is 28.1. The maximum absolute atomic E-state index is 13.1. The van der Waals surface area contributed by atoms with Crippen molar-refractivity contribution in [2.75, 3.05) is 11.9 Å². The van der Waals surface area contributed by atoms with Gasteiger partial charge in [0.25, 0.3) is 5.91 Å². The number of thiazole rings is 1. The van der Waals surface area contributed by atoms with E-state index in [1.807, 2.05) is 31.2 Å². The Hall–Kier alpha value is -3.13. The summed E-state index contributed by atoms with van der Waals surface area (Å²) in [7, 11) is 0. The van der Waals surface area contributed by atoms with E-state index in [-0.39, 0.29) is 12.1 Å². The van der Waals surface area contributed by atoms with E-state index in [0.29, 0.717) is 5.69 Å². The lowest BCUT2D eigenvalue weighted by atomic mass is 10.2. The van der Waals surface area contributed by atoms with Crippen LogP contribution in [0, 0.1) is 18.6 Å². The number of halogens is 2. The maximum Gasteiger partial charge on any atom is 0.312 e. The van der Waals surface area contributed by atoms with Crippen LogP contribution in [0.5, 0.6) is 0 Å². The van der Waals surface area contributed by atoms with Gasteiger partial charge in [0, 0.05) is 22.7 Å². The summed E-state index contributed by atoms with van der Waals surface area (Å²) in [5.41, 5.74) is 2.72. The fraction of sp³-hybridized carbons (Fsp3) is 0.150. The van der Waals surface area contributed by atoms with Gasteiger partial charge in [0.05, 0.1) is 12.1 Å². The minimum absolute atomic E-state index is 0.0686. The lowest BCUT2D eigenvalue weighted by Crippen LogP contribution is -2.21. The SMILES string of the molecule is Cc1ccc(-c2nc(CC(=O)OCC(=O)Nc3ccc(F)c(F)c3)cs2)cc1. The van der Waals surface area contributed by atoms with Crippen molar-refractivity contribution >= 4 is 28.9 Å². The zero-order valence-electron chi connectivity index (χ0n) is 14.9. The molecule has 5 nitrogen and oxygen atoms in total. The molecule has 1 amide bonds. The van der Waals surface area contributed by atoms with E-state index in [1.165, 1.54) is 17.4 Å². The van der Waals surface area contributed by atoms with Crippen molar-refractivity contribution in [1.29, 1.82) is 0 Å². The summed E-state index contributed by atoms with van der Waals surface area (Å²) in [5.74, 6) is -3.36. The number of nitrogens with one attached hydrogen (secondary N) is 1. The summed E-state index contributed by atoms with van der Waals surface area (Å²) in [6.45, 7) is 1.46. The van der Waals surface area contributed by atoms with Gasteiger partial charge in [0.15, 0.2) is 18.2 Å². The van der Waals surface area contributed by atoms with E-state index in [4.69, 9.17) is 4.74 Å². The normalized spacial score (nSPS) is 10.5. The highest BCUT2D eigenvalue weighted by Gasteiger charge is 2.13. The Morgan fingerprint density at radius 2 is 1.86 bits per heavy atom. The number of nitrogens with zero attached hydrogens (tertiary/aromatic N) is 1. The van der Waals surface area contributed by atoms with Gasteiger partial charge in [-0.1, -0.05) is 29.8 Å². The monoisotopic (exact) mass is 402 g/mol. The molecule has 8 heteroatoms. The van der Waals surface area contributed by atoms with Gasteiger partial charge in [0.1, 0.15) is 5.01 Å². The third-order valence-corrected chi connectivity index (χ3v) is 4.68. The minimum Gasteiger partial charge on any atom is -0.455 e. The number of carbonyl (C=O) groups excluding carboxylic acids is 2. The van der Waals surface area contributed by atoms with Crippen molar-refractivity contribution < 1.29 is 23.1 Å². The maximum atomic E-state index is 13.1. The van der Waals surface area contributed by atoms with E-state index >= 15 is 0 Å². The van der Waals surface area contributed by atoms with Crippen LogP contribution in [0.3, 0.4) is 0 Å². The number of carbonyl (C=O) groups is 2. The van der Waals surface area contributed by atoms with Gasteiger partial charge in [0.2, 0.25) is 0 Å². The highest BCUT2D eigenvalue weighted by atomic mass is 32.1. The molecule has 0 radical (unpaired) electrons. The molecular formula is C20H16F2N2O3S. The average molecular weight is 402 g/mol. The van der Waals surface area contributed by atoms with Crippen LogP contribution in [0.1, 0.15) is 11.3 Å². The molecule has 1 heterocycles. The van der Waals surface area contributed by atoms with Crippen LogP contribution in [-0.4, -0.2) is 23.5 Å². The zero-order chi connectivity index (χ0) is 20.1. The number of aromatic nitrogens is 1. The lowest BCUT2D eigenvalue weighted by Gasteiger charge is -2.06. The smallest absolute Gasteiger partial charge is 0.312 e. The molecule has 0 fully saturated rings. The first kappa shape index (κ1) is 19.6. The number of rotatable bonds is 6. The van der Waals surface area contributed by atoms with Gasteiger partial charge in [-0.2, -0.15) is 0 Å². The van der Waals surface area contributed by atoms with Gasteiger partial charge >= 0.3 is 5.97 Å². The van der Waals surface area contributed by atoms with Crippen molar-refractivity contribution in [3.05, 3.63) is 70.7 Å². The van der Waals surface area contributed by atoms with Crippen molar-refractivity contribution in [2.45, 2.75) is 13.3 Å². The topological polar surface area (TPSA) is 68.3 Å². The number of hydrogen-bond donors (Lipinski definition) is 1. The Morgan fingerprint density at radius 1 is 1.11 bits per heavy atom. The molecule has 1 N–H and O–H groups in total. The molecule has 0 aliphatic rings. The predicted octanol–water partition coefficient (Wildman–Crippen LogP) is 4.12. The van der Waals surface area contributed by atoms with E-state index in [2.05, 4.69) is 10.3 Å². The molecule has 0 atom stereocenters. The van der Waals surface area contributed by atoms with Crippen LogP contribution in [0.4, 0.5) is 14.5 Å². The van der Waals surface area contributed by atoms with Crippen molar-refractivity contribution in [2.24, 2.45) is 0 Å². The van der Waals surface area contributed by atoms with Crippen LogP contribution in [0.15, 0.2) is 47.8 Å². The largest absolute Gasteiger partial charge is 0.455 e. The Morgan fingerprint density at radius 3 is 2.57 bits per heavy atom. The molecule has 0 bridgehead atoms. The molecule has 1 aromatic heterocycles. The summed E-state index contributed by atoms with van der Waals surface area (Å²) in [6.07, 6.45) is -0.0686. The molecule has 3 rings (SSSR count). The molecule has 0 aliphatic carbocycles. The van der Waals surface area contributed by atoms with Crippen molar-refractivity contribution in [1.82, 2.24) is 4.98 Å². The Kier molecular flexibility index (Phi) is 6.10. The standard InChI is InChI=1S/C20H16F2N2O3S/c1-12-2-4-13(5-3-12)20-24-15(11-28-20)9-19(26)27-10-18(25)23-14-6-7-16(21)17(22)8-14/h2-8,11H,9-10H2,1H3,(H,23,25). The molecular weight excluding hydrogens is 386 g/mol. The Balaban J connectivity index is 1.49. The van der Waals surface area contributed by atoms with Crippen LogP contribution in [-0.2, 0) is 20.7 Å². The molecule has 28 heavy (non-hydrogen) atoms. The van der Waals surface area contributed by atoms with Gasteiger partial charge in [-0.05, 0) is 19.1 Å². The lowest BCUT2D eigenvalue weighted by molar-refractivity contribution is -0.146. The van der Waals surface area contributed by atoms with Crippen LogP contribution < -0.4 is 5.32 Å².